The summed E-state index contributed by atoms with van der Waals surface area (Å²) in [5.41, 5.74) is 2.30. The molecule has 0 heterocycles. The van der Waals surface area contributed by atoms with E-state index in [0.717, 1.165) is 33.4 Å². The normalized spacial score (nSPS) is 11.5. The first-order valence-electron chi connectivity index (χ1n) is 12.0. The smallest absolute Gasteiger partial charge is 0.135 e. The van der Waals surface area contributed by atoms with E-state index in [0.29, 0.717) is 13.2 Å². The minimum Gasteiger partial charge on any atom is -0.493 e. The van der Waals surface area contributed by atoms with E-state index in [1.54, 1.807) is 0 Å². The summed E-state index contributed by atoms with van der Waals surface area (Å²) in [6, 6.07) is 34.5. The second-order valence-electron chi connectivity index (χ2n) is 8.48. The zero-order valence-corrected chi connectivity index (χ0v) is 19.5. The van der Waals surface area contributed by atoms with E-state index < -0.39 is 0 Å². The number of rotatable bonds is 5. The van der Waals surface area contributed by atoms with E-state index >= 15 is 0 Å². The summed E-state index contributed by atoms with van der Waals surface area (Å²) < 4.78 is 12.5. The summed E-state index contributed by atoms with van der Waals surface area (Å²) in [5, 5.41) is 9.52. The first-order valence-corrected chi connectivity index (χ1v) is 12.0. The minimum absolute atomic E-state index is 0.604. The van der Waals surface area contributed by atoms with Crippen LogP contribution in [0.1, 0.15) is 13.8 Å². The molecule has 0 saturated heterocycles. The van der Waals surface area contributed by atoms with Crippen LogP contribution >= 0.6 is 0 Å². The van der Waals surface area contributed by atoms with Crippen molar-refractivity contribution in [2.45, 2.75) is 13.8 Å². The van der Waals surface area contributed by atoms with Crippen LogP contribution < -0.4 is 9.47 Å². The molecule has 6 rings (SSSR count). The molecule has 34 heavy (non-hydrogen) atoms. The van der Waals surface area contributed by atoms with E-state index in [1.165, 1.54) is 32.3 Å². The van der Waals surface area contributed by atoms with Crippen LogP contribution in [-0.4, -0.2) is 13.2 Å². The van der Waals surface area contributed by atoms with Gasteiger partial charge in [0.2, 0.25) is 0 Å². The fraction of sp³-hybridized carbons (Fsp3) is 0.125. The molecule has 0 unspecified atom stereocenters. The molecule has 0 aliphatic rings. The lowest BCUT2D eigenvalue weighted by molar-refractivity contribution is 0.344. The highest BCUT2D eigenvalue weighted by Gasteiger charge is 2.20. The summed E-state index contributed by atoms with van der Waals surface area (Å²) >= 11 is 0. The monoisotopic (exact) mass is 442 g/mol. The molecule has 6 aromatic carbocycles. The number of fused-ring (bicyclic) bond motifs is 6. The highest BCUT2D eigenvalue weighted by molar-refractivity contribution is 6.22. The summed E-state index contributed by atoms with van der Waals surface area (Å²) in [7, 11) is 0. The quantitative estimate of drug-likeness (QED) is 0.248. The molecular weight excluding hydrogens is 416 g/mol. The summed E-state index contributed by atoms with van der Waals surface area (Å²) in [5.74, 6) is 1.86. The Morgan fingerprint density at radius 1 is 0.471 bits per heavy atom. The van der Waals surface area contributed by atoms with E-state index in [1.807, 2.05) is 6.92 Å². The van der Waals surface area contributed by atoms with E-state index in [4.69, 9.17) is 9.47 Å². The summed E-state index contributed by atoms with van der Waals surface area (Å²) in [4.78, 5) is 0. The lowest BCUT2D eigenvalue weighted by Crippen LogP contribution is -1.98. The van der Waals surface area contributed by atoms with Crippen LogP contribution in [-0.2, 0) is 0 Å². The molecule has 0 aliphatic carbocycles. The topological polar surface area (TPSA) is 18.5 Å². The van der Waals surface area contributed by atoms with Crippen molar-refractivity contribution >= 4 is 43.1 Å². The molecule has 0 aromatic heterocycles. The van der Waals surface area contributed by atoms with E-state index in [9.17, 15) is 0 Å². The molecule has 0 aliphatic heterocycles. The lowest BCUT2D eigenvalue weighted by atomic mass is 9.88. The van der Waals surface area contributed by atoms with Gasteiger partial charge in [-0.2, -0.15) is 0 Å². The predicted molar refractivity (Wildman–Crippen MR) is 144 cm³/mol. The molecule has 0 N–H and O–H groups in total. The number of ether oxygens (including phenoxy) is 2. The average molecular weight is 443 g/mol. The fourth-order valence-electron chi connectivity index (χ4n) is 5.26. The molecule has 0 atom stereocenters. The molecule has 6 aromatic rings. The van der Waals surface area contributed by atoms with Gasteiger partial charge in [-0.15, -0.1) is 0 Å². The lowest BCUT2D eigenvalue weighted by Gasteiger charge is -2.20. The Balaban J connectivity index is 1.81. The van der Waals surface area contributed by atoms with Gasteiger partial charge in [0.25, 0.3) is 0 Å². The highest BCUT2D eigenvalue weighted by atomic mass is 16.5. The van der Waals surface area contributed by atoms with Crippen molar-refractivity contribution in [1.82, 2.24) is 0 Å². The Hall–Kier alpha value is -4.04. The van der Waals surface area contributed by atoms with E-state index in [-0.39, 0.29) is 0 Å². The molecule has 2 heteroatoms. The second-order valence-corrected chi connectivity index (χ2v) is 8.48. The van der Waals surface area contributed by atoms with Gasteiger partial charge in [-0.05, 0) is 57.8 Å². The first kappa shape index (κ1) is 20.6. The van der Waals surface area contributed by atoms with Gasteiger partial charge in [0.1, 0.15) is 11.5 Å². The van der Waals surface area contributed by atoms with Crippen LogP contribution in [0.2, 0.25) is 0 Å². The molecule has 166 valence electrons. The van der Waals surface area contributed by atoms with Crippen molar-refractivity contribution in [2.24, 2.45) is 0 Å². The maximum absolute atomic E-state index is 6.40. The third-order valence-corrected chi connectivity index (χ3v) is 6.61. The van der Waals surface area contributed by atoms with Gasteiger partial charge in [0.05, 0.1) is 13.2 Å². The Kier molecular flexibility index (Phi) is 5.07. The average Bonchev–Trinajstić information content (AvgIpc) is 2.89. The SMILES string of the molecule is CCOc1cc2c(-c3c(OCC)c4ccccc4c4ccccc34)cccc2c2ccccc12. The fourth-order valence-corrected chi connectivity index (χ4v) is 5.26. The zero-order chi connectivity index (χ0) is 23.1. The van der Waals surface area contributed by atoms with Gasteiger partial charge in [-0.3, -0.25) is 0 Å². The first-order chi connectivity index (χ1) is 16.8. The van der Waals surface area contributed by atoms with Crippen molar-refractivity contribution in [1.29, 1.82) is 0 Å². The Labute approximate surface area is 199 Å². The predicted octanol–water partition coefficient (Wildman–Crippen LogP) is 8.76. The van der Waals surface area contributed by atoms with Crippen molar-refractivity contribution in [3.8, 4) is 22.6 Å². The van der Waals surface area contributed by atoms with Crippen molar-refractivity contribution in [3.63, 3.8) is 0 Å². The molecule has 0 spiro atoms. The van der Waals surface area contributed by atoms with Crippen LogP contribution in [0.4, 0.5) is 0 Å². The maximum atomic E-state index is 6.40. The molecule has 0 fully saturated rings. The third kappa shape index (κ3) is 3.10. The van der Waals surface area contributed by atoms with Crippen LogP contribution in [0.15, 0.2) is 97.1 Å². The van der Waals surface area contributed by atoms with Gasteiger partial charge in [0.15, 0.2) is 0 Å². The Morgan fingerprint density at radius 2 is 0.971 bits per heavy atom. The number of benzene rings is 6. The van der Waals surface area contributed by atoms with Crippen molar-refractivity contribution < 1.29 is 9.47 Å². The maximum Gasteiger partial charge on any atom is 0.135 e. The van der Waals surface area contributed by atoms with Gasteiger partial charge in [0, 0.05) is 16.3 Å². The Bertz CT molecular complexity index is 1680. The summed E-state index contributed by atoms with van der Waals surface area (Å²) in [6.07, 6.45) is 0. The molecule has 0 bridgehead atoms. The van der Waals surface area contributed by atoms with Gasteiger partial charge < -0.3 is 9.47 Å². The van der Waals surface area contributed by atoms with Crippen LogP contribution in [0.5, 0.6) is 11.5 Å². The van der Waals surface area contributed by atoms with Crippen LogP contribution in [0, 0.1) is 0 Å². The standard InChI is InChI=1S/C32H26O2/c1-3-33-30-20-29-24(21-12-5-8-15-25(21)30)18-11-19-27(29)31-26-16-9-6-13-22(26)23-14-7-10-17-28(23)32(31)34-4-2/h5-20H,3-4H2,1-2H3. The number of hydrogen-bond donors (Lipinski definition) is 0. The van der Waals surface area contributed by atoms with Crippen molar-refractivity contribution in [2.75, 3.05) is 13.2 Å². The van der Waals surface area contributed by atoms with Gasteiger partial charge in [-0.25, -0.2) is 0 Å². The number of hydrogen-bond acceptors (Lipinski definition) is 2. The minimum atomic E-state index is 0.604. The van der Waals surface area contributed by atoms with Gasteiger partial charge >= 0.3 is 0 Å². The Morgan fingerprint density at radius 3 is 1.65 bits per heavy atom. The molecule has 0 saturated carbocycles. The zero-order valence-electron chi connectivity index (χ0n) is 19.5. The largest absolute Gasteiger partial charge is 0.493 e. The molecule has 2 nitrogen and oxygen atoms in total. The van der Waals surface area contributed by atoms with Crippen molar-refractivity contribution in [3.05, 3.63) is 97.1 Å². The van der Waals surface area contributed by atoms with Gasteiger partial charge in [-0.1, -0.05) is 91.0 Å². The van der Waals surface area contributed by atoms with E-state index in [2.05, 4.69) is 104 Å². The molecular formula is C32H26O2. The van der Waals surface area contributed by atoms with Crippen LogP contribution in [0.3, 0.4) is 0 Å². The second kappa shape index (κ2) is 8.39. The summed E-state index contributed by atoms with van der Waals surface area (Å²) in [6.45, 7) is 5.32. The van der Waals surface area contributed by atoms with Crippen LogP contribution in [0.25, 0.3) is 54.2 Å². The third-order valence-electron chi connectivity index (χ3n) is 6.61. The molecule has 0 amide bonds. The molecule has 0 radical (unpaired) electrons. The highest BCUT2D eigenvalue weighted by Crippen LogP contribution is 2.47.